The molecule has 0 saturated carbocycles. The minimum absolute atomic E-state index is 0.788. The summed E-state index contributed by atoms with van der Waals surface area (Å²) in [5, 5.41) is 9.44. The van der Waals surface area contributed by atoms with Crippen molar-refractivity contribution < 1.29 is 0 Å². The quantitative estimate of drug-likeness (QED) is 0.797. The van der Waals surface area contributed by atoms with E-state index in [2.05, 4.69) is 42.1 Å². The highest BCUT2D eigenvalue weighted by Crippen LogP contribution is 2.31. The third-order valence-corrected chi connectivity index (χ3v) is 4.69. The van der Waals surface area contributed by atoms with Crippen LogP contribution < -0.4 is 4.90 Å². The predicted molar refractivity (Wildman–Crippen MR) is 86.4 cm³/mol. The molecule has 0 atom stereocenters. The first-order valence-corrected chi connectivity index (χ1v) is 8.35. The molecule has 4 heteroatoms. The van der Waals surface area contributed by atoms with Crippen molar-refractivity contribution in [2.45, 2.75) is 17.7 Å². The van der Waals surface area contributed by atoms with Gasteiger partial charge in [0.05, 0.1) is 11.3 Å². The first-order valence-electron chi connectivity index (χ1n) is 7.12. The van der Waals surface area contributed by atoms with Crippen LogP contribution in [0.1, 0.15) is 18.4 Å². The van der Waals surface area contributed by atoms with Gasteiger partial charge < -0.3 is 9.80 Å². The van der Waals surface area contributed by atoms with Crippen molar-refractivity contribution in [2.75, 3.05) is 44.9 Å². The summed E-state index contributed by atoms with van der Waals surface area (Å²) in [6, 6.07) is 8.57. The normalized spacial score (nSPS) is 16.4. The molecule has 3 nitrogen and oxygen atoms in total. The summed E-state index contributed by atoms with van der Waals surface area (Å²) >= 11 is 1.65. The molecular weight excluding hydrogens is 266 g/mol. The zero-order chi connectivity index (χ0) is 14.5. The SMILES string of the molecule is CSc1cccc(N2CCC(CN(C)C)CC2)c1C#N. The van der Waals surface area contributed by atoms with Crippen LogP contribution in [-0.4, -0.2) is 44.9 Å². The summed E-state index contributed by atoms with van der Waals surface area (Å²) in [6.07, 6.45) is 4.46. The molecule has 1 aliphatic heterocycles. The summed E-state index contributed by atoms with van der Waals surface area (Å²) in [6.45, 7) is 3.29. The second-order valence-electron chi connectivity index (χ2n) is 5.66. The van der Waals surface area contributed by atoms with Gasteiger partial charge in [0, 0.05) is 24.5 Å². The Morgan fingerprint density at radius 1 is 1.35 bits per heavy atom. The van der Waals surface area contributed by atoms with E-state index in [1.165, 1.54) is 19.4 Å². The molecule has 0 aromatic heterocycles. The molecule has 20 heavy (non-hydrogen) atoms. The van der Waals surface area contributed by atoms with E-state index in [4.69, 9.17) is 0 Å². The Balaban J connectivity index is 2.09. The highest BCUT2D eigenvalue weighted by atomic mass is 32.2. The van der Waals surface area contributed by atoms with Gasteiger partial charge >= 0.3 is 0 Å². The lowest BCUT2D eigenvalue weighted by Crippen LogP contribution is -2.37. The van der Waals surface area contributed by atoms with Crippen LogP contribution in [0.4, 0.5) is 5.69 Å². The Labute approximate surface area is 126 Å². The number of thioether (sulfide) groups is 1. The molecule has 0 N–H and O–H groups in total. The summed E-state index contributed by atoms with van der Waals surface area (Å²) in [7, 11) is 4.28. The first-order chi connectivity index (χ1) is 9.65. The molecule has 0 unspecified atom stereocenters. The lowest BCUT2D eigenvalue weighted by molar-refractivity contribution is 0.285. The number of nitrogens with zero attached hydrogens (tertiary/aromatic N) is 3. The maximum Gasteiger partial charge on any atom is 0.103 e. The third-order valence-electron chi connectivity index (χ3n) is 3.91. The lowest BCUT2D eigenvalue weighted by Gasteiger charge is -2.35. The van der Waals surface area contributed by atoms with Crippen LogP contribution in [0.15, 0.2) is 23.1 Å². The molecule has 1 fully saturated rings. The average Bonchev–Trinajstić information content (AvgIpc) is 2.46. The predicted octanol–water partition coefficient (Wildman–Crippen LogP) is 3.06. The fourth-order valence-corrected chi connectivity index (χ4v) is 3.51. The van der Waals surface area contributed by atoms with E-state index in [9.17, 15) is 5.26 Å². The molecule has 108 valence electrons. The average molecular weight is 289 g/mol. The highest BCUT2D eigenvalue weighted by Gasteiger charge is 2.22. The number of piperidine rings is 1. The Hall–Kier alpha value is -1.18. The van der Waals surface area contributed by atoms with Gasteiger partial charge in [-0.3, -0.25) is 0 Å². The van der Waals surface area contributed by atoms with Crippen molar-refractivity contribution in [3.05, 3.63) is 23.8 Å². The van der Waals surface area contributed by atoms with Gasteiger partial charge in [-0.15, -0.1) is 11.8 Å². The van der Waals surface area contributed by atoms with E-state index >= 15 is 0 Å². The van der Waals surface area contributed by atoms with Gasteiger partial charge in [0.25, 0.3) is 0 Å². The zero-order valence-electron chi connectivity index (χ0n) is 12.6. The van der Waals surface area contributed by atoms with E-state index < -0.39 is 0 Å². The second kappa shape index (κ2) is 7.01. The minimum Gasteiger partial charge on any atom is -0.370 e. The molecule has 0 amide bonds. The number of hydrogen-bond acceptors (Lipinski definition) is 4. The van der Waals surface area contributed by atoms with Crippen molar-refractivity contribution in [1.82, 2.24) is 4.90 Å². The number of hydrogen-bond donors (Lipinski definition) is 0. The third kappa shape index (κ3) is 3.47. The molecule has 1 aromatic rings. The number of nitriles is 1. The summed E-state index contributed by atoms with van der Waals surface area (Å²) in [5.74, 6) is 0.788. The van der Waals surface area contributed by atoms with Crippen molar-refractivity contribution in [2.24, 2.45) is 5.92 Å². The van der Waals surface area contributed by atoms with Crippen LogP contribution >= 0.6 is 11.8 Å². The van der Waals surface area contributed by atoms with Crippen molar-refractivity contribution in [3.63, 3.8) is 0 Å². The Morgan fingerprint density at radius 2 is 2.05 bits per heavy atom. The molecule has 1 aromatic carbocycles. The van der Waals surface area contributed by atoms with Crippen LogP contribution in [0.3, 0.4) is 0 Å². The van der Waals surface area contributed by atoms with Crippen molar-refractivity contribution in [1.29, 1.82) is 5.26 Å². The van der Waals surface area contributed by atoms with E-state index in [1.807, 2.05) is 12.3 Å². The number of benzene rings is 1. The maximum atomic E-state index is 9.44. The molecule has 0 bridgehead atoms. The summed E-state index contributed by atoms with van der Waals surface area (Å²) < 4.78 is 0. The fraction of sp³-hybridized carbons (Fsp3) is 0.562. The van der Waals surface area contributed by atoms with Gasteiger partial charge in [0.15, 0.2) is 0 Å². The summed E-state index contributed by atoms with van der Waals surface area (Å²) in [4.78, 5) is 5.74. The van der Waals surface area contributed by atoms with Gasteiger partial charge in [-0.2, -0.15) is 5.26 Å². The zero-order valence-corrected chi connectivity index (χ0v) is 13.4. The van der Waals surface area contributed by atoms with Crippen LogP contribution in [0.25, 0.3) is 0 Å². The van der Waals surface area contributed by atoms with Crippen molar-refractivity contribution >= 4 is 17.4 Å². The van der Waals surface area contributed by atoms with Crippen molar-refractivity contribution in [3.8, 4) is 6.07 Å². The topological polar surface area (TPSA) is 30.3 Å². The number of rotatable bonds is 4. The fourth-order valence-electron chi connectivity index (χ4n) is 2.94. The largest absolute Gasteiger partial charge is 0.370 e. The molecule has 1 saturated heterocycles. The molecule has 0 radical (unpaired) electrons. The molecule has 0 aliphatic carbocycles. The molecule has 1 heterocycles. The van der Waals surface area contributed by atoms with Gasteiger partial charge in [-0.25, -0.2) is 0 Å². The van der Waals surface area contributed by atoms with Crippen LogP contribution in [-0.2, 0) is 0 Å². The molecule has 2 rings (SSSR count). The van der Waals surface area contributed by atoms with E-state index in [0.717, 1.165) is 35.2 Å². The monoisotopic (exact) mass is 289 g/mol. The van der Waals surface area contributed by atoms with E-state index in [1.54, 1.807) is 11.8 Å². The lowest BCUT2D eigenvalue weighted by atomic mass is 9.95. The Morgan fingerprint density at radius 3 is 2.60 bits per heavy atom. The van der Waals surface area contributed by atoms with Gasteiger partial charge in [0.1, 0.15) is 6.07 Å². The maximum absolute atomic E-state index is 9.44. The van der Waals surface area contributed by atoms with Crippen LogP contribution in [0.5, 0.6) is 0 Å². The Bertz CT molecular complexity index is 485. The van der Waals surface area contributed by atoms with Gasteiger partial charge in [-0.1, -0.05) is 6.07 Å². The van der Waals surface area contributed by atoms with Gasteiger partial charge in [-0.05, 0) is 51.2 Å². The minimum atomic E-state index is 0.788. The summed E-state index contributed by atoms with van der Waals surface area (Å²) in [5.41, 5.74) is 1.95. The molecule has 0 spiro atoms. The first kappa shape index (κ1) is 15.2. The van der Waals surface area contributed by atoms with Gasteiger partial charge in [0.2, 0.25) is 0 Å². The standard InChI is InChI=1S/C16H23N3S/c1-18(2)12-13-7-9-19(10-8-13)15-5-4-6-16(20-3)14(15)11-17/h4-6,13H,7-10,12H2,1-3H3. The van der Waals surface area contributed by atoms with E-state index in [0.29, 0.717) is 0 Å². The smallest absolute Gasteiger partial charge is 0.103 e. The van der Waals surface area contributed by atoms with Crippen LogP contribution in [0.2, 0.25) is 0 Å². The second-order valence-corrected chi connectivity index (χ2v) is 6.51. The molecule has 1 aliphatic rings. The number of anilines is 1. The van der Waals surface area contributed by atoms with E-state index in [-0.39, 0.29) is 0 Å². The Kier molecular flexibility index (Phi) is 5.33. The molecular formula is C16H23N3S. The van der Waals surface area contributed by atoms with Crippen LogP contribution in [0, 0.1) is 17.2 Å². The highest BCUT2D eigenvalue weighted by molar-refractivity contribution is 7.98.